The SMILES string of the molecule is CCCOC(=O)N1CCN(C(=O)c2ccc3c(C)c4c(nc3c2)CCCC4)CC1COC(=O)CCOC. The van der Waals surface area contributed by atoms with Gasteiger partial charge in [0.15, 0.2) is 0 Å². The number of amides is 2. The molecule has 1 aliphatic heterocycles. The fraction of sp³-hybridized carbons (Fsp3) is 0.571. The van der Waals surface area contributed by atoms with Gasteiger partial charge in [-0.05, 0) is 62.3 Å². The van der Waals surface area contributed by atoms with Crippen molar-refractivity contribution in [2.45, 2.75) is 58.4 Å². The summed E-state index contributed by atoms with van der Waals surface area (Å²) in [6.45, 7) is 5.53. The fourth-order valence-corrected chi connectivity index (χ4v) is 5.12. The zero-order chi connectivity index (χ0) is 26.4. The molecule has 4 rings (SSSR count). The van der Waals surface area contributed by atoms with Gasteiger partial charge in [0.05, 0.1) is 31.2 Å². The molecule has 37 heavy (non-hydrogen) atoms. The van der Waals surface area contributed by atoms with Gasteiger partial charge in [-0.3, -0.25) is 19.5 Å². The fourth-order valence-electron chi connectivity index (χ4n) is 5.12. The van der Waals surface area contributed by atoms with E-state index in [2.05, 4.69) is 6.92 Å². The average Bonchev–Trinajstić information content (AvgIpc) is 2.93. The molecule has 200 valence electrons. The number of ether oxygens (including phenoxy) is 3. The van der Waals surface area contributed by atoms with Crippen molar-refractivity contribution in [1.29, 1.82) is 0 Å². The zero-order valence-electron chi connectivity index (χ0n) is 22.1. The van der Waals surface area contributed by atoms with Crippen molar-refractivity contribution in [1.82, 2.24) is 14.8 Å². The minimum absolute atomic E-state index is 0.0157. The number of carbonyl (C=O) groups excluding carboxylic acids is 3. The Labute approximate surface area is 218 Å². The smallest absolute Gasteiger partial charge is 0.410 e. The number of esters is 1. The summed E-state index contributed by atoms with van der Waals surface area (Å²) in [5.41, 5.74) is 5.16. The summed E-state index contributed by atoms with van der Waals surface area (Å²) in [6.07, 6.45) is 4.75. The molecular formula is C28H37N3O6. The Balaban J connectivity index is 1.51. The lowest BCUT2D eigenvalue weighted by Gasteiger charge is -2.40. The first-order valence-corrected chi connectivity index (χ1v) is 13.2. The van der Waals surface area contributed by atoms with E-state index < -0.39 is 18.1 Å². The van der Waals surface area contributed by atoms with Gasteiger partial charge in [-0.1, -0.05) is 13.0 Å². The summed E-state index contributed by atoms with van der Waals surface area (Å²) in [6, 6.07) is 5.23. The highest BCUT2D eigenvalue weighted by Gasteiger charge is 2.34. The van der Waals surface area contributed by atoms with E-state index in [1.165, 1.54) is 24.7 Å². The van der Waals surface area contributed by atoms with Crippen LogP contribution in [0.5, 0.6) is 0 Å². The van der Waals surface area contributed by atoms with E-state index in [-0.39, 0.29) is 32.1 Å². The van der Waals surface area contributed by atoms with Crippen molar-refractivity contribution in [3.05, 3.63) is 40.6 Å². The third kappa shape index (κ3) is 6.21. The Kier molecular flexibility index (Phi) is 8.97. The quantitative estimate of drug-likeness (QED) is 0.499. The molecule has 0 bridgehead atoms. The maximum atomic E-state index is 13.5. The number of piperazine rings is 1. The maximum Gasteiger partial charge on any atom is 0.410 e. The number of fused-ring (bicyclic) bond motifs is 2. The predicted octanol–water partition coefficient (Wildman–Crippen LogP) is 3.67. The molecular weight excluding hydrogens is 474 g/mol. The van der Waals surface area contributed by atoms with E-state index in [9.17, 15) is 14.4 Å². The molecule has 1 saturated heterocycles. The van der Waals surface area contributed by atoms with Crippen molar-refractivity contribution in [3.63, 3.8) is 0 Å². The minimum atomic E-state index is -0.499. The Morgan fingerprint density at radius 1 is 1.08 bits per heavy atom. The third-order valence-corrected chi connectivity index (χ3v) is 7.18. The van der Waals surface area contributed by atoms with Crippen molar-refractivity contribution in [2.24, 2.45) is 0 Å². The largest absolute Gasteiger partial charge is 0.463 e. The van der Waals surface area contributed by atoms with Crippen LogP contribution in [0.1, 0.15) is 59.8 Å². The van der Waals surface area contributed by atoms with Gasteiger partial charge in [-0.15, -0.1) is 0 Å². The number of rotatable bonds is 8. The number of aromatic nitrogens is 1. The Morgan fingerprint density at radius 2 is 1.89 bits per heavy atom. The van der Waals surface area contributed by atoms with Crippen LogP contribution in [0.25, 0.3) is 10.9 Å². The molecule has 2 amide bonds. The van der Waals surface area contributed by atoms with Gasteiger partial charge in [0.25, 0.3) is 5.91 Å². The van der Waals surface area contributed by atoms with E-state index in [4.69, 9.17) is 19.2 Å². The lowest BCUT2D eigenvalue weighted by molar-refractivity contribution is -0.146. The molecule has 0 saturated carbocycles. The first-order chi connectivity index (χ1) is 17.9. The summed E-state index contributed by atoms with van der Waals surface area (Å²) < 4.78 is 15.7. The van der Waals surface area contributed by atoms with Crippen LogP contribution in [0.2, 0.25) is 0 Å². The van der Waals surface area contributed by atoms with E-state index in [0.29, 0.717) is 31.7 Å². The van der Waals surface area contributed by atoms with Crippen LogP contribution in [0.3, 0.4) is 0 Å². The number of hydrogen-bond acceptors (Lipinski definition) is 7. The first kappa shape index (κ1) is 26.9. The van der Waals surface area contributed by atoms with Crippen LogP contribution >= 0.6 is 0 Å². The average molecular weight is 512 g/mol. The monoisotopic (exact) mass is 511 g/mol. The van der Waals surface area contributed by atoms with E-state index in [1.807, 2.05) is 25.1 Å². The van der Waals surface area contributed by atoms with Crippen molar-refractivity contribution in [3.8, 4) is 0 Å². The van der Waals surface area contributed by atoms with Gasteiger partial charge in [0, 0.05) is 43.4 Å². The van der Waals surface area contributed by atoms with Crippen LogP contribution in [-0.2, 0) is 31.8 Å². The molecule has 2 heterocycles. The minimum Gasteiger partial charge on any atom is -0.463 e. The second-order valence-corrected chi connectivity index (χ2v) is 9.74. The van der Waals surface area contributed by atoms with Gasteiger partial charge in [0.2, 0.25) is 0 Å². The van der Waals surface area contributed by atoms with E-state index >= 15 is 0 Å². The lowest BCUT2D eigenvalue weighted by Crippen LogP contribution is -2.58. The van der Waals surface area contributed by atoms with Crippen LogP contribution in [0, 0.1) is 6.92 Å². The van der Waals surface area contributed by atoms with Crippen LogP contribution in [-0.4, -0.2) is 85.4 Å². The van der Waals surface area contributed by atoms with Gasteiger partial charge in [-0.25, -0.2) is 4.79 Å². The highest BCUT2D eigenvalue weighted by Crippen LogP contribution is 2.29. The summed E-state index contributed by atoms with van der Waals surface area (Å²) in [7, 11) is 1.52. The molecule has 1 atom stereocenters. The summed E-state index contributed by atoms with van der Waals surface area (Å²) in [4.78, 5) is 46.4. The number of benzene rings is 1. The lowest BCUT2D eigenvalue weighted by atomic mass is 9.90. The molecule has 0 spiro atoms. The van der Waals surface area contributed by atoms with Crippen LogP contribution in [0.15, 0.2) is 18.2 Å². The van der Waals surface area contributed by atoms with Gasteiger partial charge in [-0.2, -0.15) is 0 Å². The highest BCUT2D eigenvalue weighted by molar-refractivity contribution is 5.98. The Morgan fingerprint density at radius 3 is 2.68 bits per heavy atom. The molecule has 0 radical (unpaired) electrons. The van der Waals surface area contributed by atoms with Crippen LogP contribution in [0.4, 0.5) is 4.79 Å². The number of aryl methyl sites for hydroxylation is 2. The normalized spacial score (nSPS) is 17.4. The molecule has 1 fully saturated rings. The molecule has 2 aliphatic rings. The topological polar surface area (TPSA) is 98.3 Å². The van der Waals surface area contributed by atoms with Gasteiger partial charge >= 0.3 is 12.1 Å². The van der Waals surface area contributed by atoms with Crippen molar-refractivity contribution >= 4 is 28.9 Å². The highest BCUT2D eigenvalue weighted by atomic mass is 16.6. The molecule has 0 N–H and O–H groups in total. The molecule has 1 aromatic heterocycles. The Hall–Kier alpha value is -3.20. The molecule has 1 aliphatic carbocycles. The van der Waals surface area contributed by atoms with Gasteiger partial charge in [0.1, 0.15) is 6.61 Å². The van der Waals surface area contributed by atoms with E-state index in [0.717, 1.165) is 35.9 Å². The standard InChI is InChI=1S/C28H37N3O6/c1-4-14-36-28(34)31-13-12-30(17-21(31)18-37-26(32)11-15-35-3)27(33)20-9-10-23-19(2)22-7-5-6-8-24(22)29-25(23)16-20/h9-10,16,21H,4-8,11-15,17-18H2,1-3H3. The molecule has 9 heteroatoms. The Bertz CT molecular complexity index is 1150. The molecule has 2 aromatic rings. The van der Waals surface area contributed by atoms with Crippen molar-refractivity contribution < 1.29 is 28.6 Å². The summed E-state index contributed by atoms with van der Waals surface area (Å²) in [5, 5.41) is 1.08. The third-order valence-electron chi connectivity index (χ3n) is 7.18. The molecule has 9 nitrogen and oxygen atoms in total. The maximum absolute atomic E-state index is 13.5. The van der Waals surface area contributed by atoms with Gasteiger partial charge < -0.3 is 19.1 Å². The summed E-state index contributed by atoms with van der Waals surface area (Å²) in [5.74, 6) is -0.539. The molecule has 1 unspecified atom stereocenters. The second-order valence-electron chi connectivity index (χ2n) is 9.74. The number of carbonyl (C=O) groups is 3. The number of hydrogen-bond donors (Lipinski definition) is 0. The molecule has 1 aromatic carbocycles. The summed E-state index contributed by atoms with van der Waals surface area (Å²) >= 11 is 0. The van der Waals surface area contributed by atoms with E-state index in [1.54, 1.807) is 9.80 Å². The number of pyridine rings is 1. The predicted molar refractivity (Wildman–Crippen MR) is 139 cm³/mol. The first-order valence-electron chi connectivity index (χ1n) is 13.2. The van der Waals surface area contributed by atoms with Crippen molar-refractivity contribution in [2.75, 3.05) is 46.6 Å². The second kappa shape index (κ2) is 12.4. The number of methoxy groups -OCH3 is 1. The zero-order valence-corrected chi connectivity index (χ0v) is 22.1. The van der Waals surface area contributed by atoms with Crippen LogP contribution < -0.4 is 0 Å². The number of nitrogens with zero attached hydrogens (tertiary/aromatic N) is 3.